The number of nitrogens with zero attached hydrogens (tertiary/aromatic N) is 1. The zero-order valence-electron chi connectivity index (χ0n) is 11.8. The topological polar surface area (TPSA) is 49.8 Å². The number of hydrogen-bond acceptors (Lipinski definition) is 3. The molecule has 0 aliphatic rings. The molecule has 0 unspecified atom stereocenters. The van der Waals surface area contributed by atoms with E-state index in [1.807, 2.05) is 38.1 Å². The van der Waals surface area contributed by atoms with E-state index < -0.39 is 0 Å². The van der Waals surface area contributed by atoms with Crippen LogP contribution in [-0.2, 0) is 4.79 Å². The van der Waals surface area contributed by atoms with Gasteiger partial charge in [0.25, 0.3) is 0 Å². The minimum absolute atomic E-state index is 0.0736. The average molecular weight is 265 g/mol. The summed E-state index contributed by atoms with van der Waals surface area (Å²) < 4.78 is 5.61. The lowest BCUT2D eigenvalue weighted by atomic mass is 10.2. The van der Waals surface area contributed by atoms with Gasteiger partial charge in [0, 0.05) is 19.7 Å². The minimum atomic E-state index is 0.0736. The average Bonchev–Trinajstić information content (AvgIpc) is 2.42. The van der Waals surface area contributed by atoms with Gasteiger partial charge in [-0.05, 0) is 31.9 Å². The summed E-state index contributed by atoms with van der Waals surface area (Å²) in [4.78, 5) is 13.7. The van der Waals surface area contributed by atoms with Crippen molar-refractivity contribution in [3.63, 3.8) is 0 Å². The van der Waals surface area contributed by atoms with Crippen LogP contribution < -0.4 is 4.74 Å². The number of aliphatic hydroxyl groups excluding tert-OH is 1. The number of aryl methyl sites for hydroxylation is 1. The molecule has 0 bridgehead atoms. The van der Waals surface area contributed by atoms with Crippen molar-refractivity contribution < 1.29 is 14.6 Å². The molecule has 0 fully saturated rings. The molecule has 1 N–H and O–H groups in total. The number of carbonyl (C=O) groups excluding carboxylic acids is 1. The summed E-state index contributed by atoms with van der Waals surface area (Å²) >= 11 is 0. The molecule has 0 radical (unpaired) electrons. The molecule has 1 rings (SSSR count). The van der Waals surface area contributed by atoms with Crippen molar-refractivity contribution in [2.75, 3.05) is 26.3 Å². The van der Waals surface area contributed by atoms with Gasteiger partial charge in [0.1, 0.15) is 5.75 Å². The number of carbonyl (C=O) groups is 1. The summed E-state index contributed by atoms with van der Waals surface area (Å²) in [6.07, 6.45) is 0.992. The molecule has 0 saturated heterocycles. The number of ether oxygens (including phenoxy) is 1. The second-order valence-corrected chi connectivity index (χ2v) is 4.41. The van der Waals surface area contributed by atoms with E-state index in [2.05, 4.69) is 0 Å². The zero-order valence-corrected chi connectivity index (χ0v) is 11.8. The van der Waals surface area contributed by atoms with Crippen LogP contribution in [0.2, 0.25) is 0 Å². The van der Waals surface area contributed by atoms with Gasteiger partial charge in [0.05, 0.1) is 13.0 Å². The number of para-hydroxylation sites is 1. The van der Waals surface area contributed by atoms with Gasteiger partial charge in [-0.2, -0.15) is 0 Å². The molecule has 0 aliphatic heterocycles. The van der Waals surface area contributed by atoms with E-state index in [1.54, 1.807) is 4.90 Å². The smallest absolute Gasteiger partial charge is 0.225 e. The summed E-state index contributed by atoms with van der Waals surface area (Å²) in [5, 5.41) is 8.79. The lowest BCUT2D eigenvalue weighted by Gasteiger charge is -2.20. The first kappa shape index (κ1) is 15.5. The third-order valence-corrected chi connectivity index (χ3v) is 2.99. The molecule has 19 heavy (non-hydrogen) atoms. The maximum atomic E-state index is 11.9. The number of rotatable bonds is 8. The van der Waals surface area contributed by atoms with Crippen LogP contribution in [0.1, 0.15) is 25.3 Å². The maximum absolute atomic E-state index is 11.9. The molecule has 4 nitrogen and oxygen atoms in total. The van der Waals surface area contributed by atoms with Crippen molar-refractivity contribution in [2.24, 2.45) is 0 Å². The first-order valence-electron chi connectivity index (χ1n) is 6.76. The lowest BCUT2D eigenvalue weighted by Crippen LogP contribution is -2.33. The van der Waals surface area contributed by atoms with Gasteiger partial charge in [-0.15, -0.1) is 0 Å². The molecular formula is C15H23NO3. The number of amides is 1. The highest BCUT2D eigenvalue weighted by molar-refractivity contribution is 5.76. The van der Waals surface area contributed by atoms with Crippen molar-refractivity contribution in [1.82, 2.24) is 4.90 Å². The van der Waals surface area contributed by atoms with E-state index in [0.29, 0.717) is 32.5 Å². The van der Waals surface area contributed by atoms with Crippen molar-refractivity contribution >= 4 is 5.91 Å². The minimum Gasteiger partial charge on any atom is -0.493 e. The molecule has 4 heteroatoms. The molecule has 0 aliphatic carbocycles. The predicted octanol–water partition coefficient (Wildman–Crippen LogP) is 1.99. The Balaban J connectivity index is 2.35. The van der Waals surface area contributed by atoms with Crippen LogP contribution in [0.3, 0.4) is 0 Å². The largest absolute Gasteiger partial charge is 0.493 e. The highest BCUT2D eigenvalue weighted by atomic mass is 16.5. The fourth-order valence-electron chi connectivity index (χ4n) is 1.85. The van der Waals surface area contributed by atoms with Gasteiger partial charge in [0.15, 0.2) is 0 Å². The Morgan fingerprint density at radius 2 is 2.11 bits per heavy atom. The standard InChI is InChI=1S/C15H23NO3/c1-3-16(10-6-11-17)15(18)9-12-19-14-8-5-4-7-13(14)2/h4-5,7-8,17H,3,6,9-12H2,1-2H3. The summed E-state index contributed by atoms with van der Waals surface area (Å²) in [6.45, 7) is 5.70. The monoisotopic (exact) mass is 265 g/mol. The van der Waals surface area contributed by atoms with E-state index in [9.17, 15) is 4.79 Å². The van der Waals surface area contributed by atoms with E-state index in [0.717, 1.165) is 11.3 Å². The van der Waals surface area contributed by atoms with E-state index in [4.69, 9.17) is 9.84 Å². The molecule has 0 heterocycles. The number of benzene rings is 1. The Labute approximate surface area is 115 Å². The van der Waals surface area contributed by atoms with Crippen molar-refractivity contribution in [3.05, 3.63) is 29.8 Å². The number of hydrogen-bond donors (Lipinski definition) is 1. The van der Waals surface area contributed by atoms with Crippen LogP contribution >= 0.6 is 0 Å². The number of aliphatic hydroxyl groups is 1. The van der Waals surface area contributed by atoms with Crippen LogP contribution in [-0.4, -0.2) is 42.2 Å². The van der Waals surface area contributed by atoms with Gasteiger partial charge in [-0.25, -0.2) is 0 Å². The lowest BCUT2D eigenvalue weighted by molar-refractivity contribution is -0.131. The Bertz CT molecular complexity index is 393. The van der Waals surface area contributed by atoms with Crippen LogP contribution in [0.5, 0.6) is 5.75 Å². The second-order valence-electron chi connectivity index (χ2n) is 4.41. The molecule has 106 valence electrons. The third-order valence-electron chi connectivity index (χ3n) is 2.99. The summed E-state index contributed by atoms with van der Waals surface area (Å²) in [5.41, 5.74) is 1.07. The summed E-state index contributed by atoms with van der Waals surface area (Å²) in [7, 11) is 0. The highest BCUT2D eigenvalue weighted by Crippen LogP contribution is 2.16. The Hall–Kier alpha value is -1.55. The fraction of sp³-hybridized carbons (Fsp3) is 0.533. The molecule has 0 spiro atoms. The molecular weight excluding hydrogens is 242 g/mol. The molecule has 0 aromatic heterocycles. The Kier molecular flexibility index (Phi) is 6.97. The van der Waals surface area contributed by atoms with Gasteiger partial charge in [0.2, 0.25) is 5.91 Å². The molecule has 1 amide bonds. The van der Waals surface area contributed by atoms with E-state index >= 15 is 0 Å². The molecule has 1 aromatic rings. The van der Waals surface area contributed by atoms with Gasteiger partial charge in [-0.1, -0.05) is 18.2 Å². The van der Waals surface area contributed by atoms with Crippen molar-refractivity contribution in [2.45, 2.75) is 26.7 Å². The van der Waals surface area contributed by atoms with Crippen LogP contribution in [0.25, 0.3) is 0 Å². The first-order chi connectivity index (χ1) is 9.19. The quantitative estimate of drug-likeness (QED) is 0.782. The Morgan fingerprint density at radius 3 is 2.74 bits per heavy atom. The van der Waals surface area contributed by atoms with Crippen molar-refractivity contribution in [1.29, 1.82) is 0 Å². The zero-order chi connectivity index (χ0) is 14.1. The Morgan fingerprint density at radius 1 is 1.37 bits per heavy atom. The summed E-state index contributed by atoms with van der Waals surface area (Å²) in [5.74, 6) is 0.901. The first-order valence-corrected chi connectivity index (χ1v) is 6.76. The predicted molar refractivity (Wildman–Crippen MR) is 75.2 cm³/mol. The van der Waals surface area contributed by atoms with Gasteiger partial charge < -0.3 is 14.7 Å². The van der Waals surface area contributed by atoms with Gasteiger partial charge >= 0.3 is 0 Å². The maximum Gasteiger partial charge on any atom is 0.225 e. The molecule has 0 atom stereocenters. The normalized spacial score (nSPS) is 10.3. The van der Waals surface area contributed by atoms with Gasteiger partial charge in [-0.3, -0.25) is 4.79 Å². The third kappa shape index (κ3) is 5.30. The van der Waals surface area contributed by atoms with E-state index in [1.165, 1.54) is 0 Å². The SMILES string of the molecule is CCN(CCCO)C(=O)CCOc1ccccc1C. The molecule has 0 saturated carbocycles. The highest BCUT2D eigenvalue weighted by Gasteiger charge is 2.11. The van der Waals surface area contributed by atoms with Crippen LogP contribution in [0.15, 0.2) is 24.3 Å². The molecule has 1 aromatic carbocycles. The summed E-state index contributed by atoms with van der Waals surface area (Å²) in [6, 6.07) is 7.77. The van der Waals surface area contributed by atoms with Crippen molar-refractivity contribution in [3.8, 4) is 5.75 Å². The van der Waals surface area contributed by atoms with E-state index in [-0.39, 0.29) is 12.5 Å². The second kappa shape index (κ2) is 8.53. The fourth-order valence-corrected chi connectivity index (χ4v) is 1.85. The van der Waals surface area contributed by atoms with Crippen LogP contribution in [0.4, 0.5) is 0 Å². The van der Waals surface area contributed by atoms with Crippen LogP contribution in [0, 0.1) is 6.92 Å².